The monoisotopic (exact) mass is 175 g/mol. The quantitative estimate of drug-likeness (QED) is 0.670. The first-order valence-corrected chi connectivity index (χ1v) is 4.32. The normalized spacial score (nSPS) is 12.3. The second-order valence-electron chi connectivity index (χ2n) is 2.47. The van der Waals surface area contributed by atoms with Crippen molar-refractivity contribution in [2.75, 3.05) is 5.75 Å². The maximum atomic E-state index is 10.2. The first-order valence-electron chi connectivity index (χ1n) is 3.27. The molecule has 0 saturated heterocycles. The third-order valence-electron chi connectivity index (χ3n) is 0.912. The van der Waals surface area contributed by atoms with Crippen LogP contribution in [-0.2, 0) is 4.79 Å². The van der Waals surface area contributed by atoms with E-state index in [1.54, 1.807) is 0 Å². The summed E-state index contributed by atoms with van der Waals surface area (Å²) in [6, 6.07) is -0.754. The summed E-state index contributed by atoms with van der Waals surface area (Å²) in [5, 5.41) is 10.3. The summed E-state index contributed by atoms with van der Waals surface area (Å²) in [6.45, 7) is 3.92. The fourth-order valence-corrected chi connectivity index (χ4v) is 1.17. The molecule has 0 unspecified atom stereocenters. The lowest BCUT2D eigenvalue weighted by Gasteiger charge is -2.02. The molecular formula is C7H13NO2S. The van der Waals surface area contributed by atoms with Gasteiger partial charge < -0.3 is 10.8 Å². The van der Waals surface area contributed by atoms with Crippen molar-refractivity contribution in [3.05, 3.63) is 11.0 Å². The highest BCUT2D eigenvalue weighted by Gasteiger charge is 2.09. The largest absolute Gasteiger partial charge is 0.480 e. The molecule has 3 nitrogen and oxygen atoms in total. The van der Waals surface area contributed by atoms with Crippen LogP contribution in [0.1, 0.15) is 13.8 Å². The molecule has 0 aromatic heterocycles. The highest BCUT2D eigenvalue weighted by atomic mass is 32.2. The second-order valence-corrected chi connectivity index (χ2v) is 3.38. The van der Waals surface area contributed by atoms with E-state index >= 15 is 0 Å². The van der Waals surface area contributed by atoms with Gasteiger partial charge in [0.2, 0.25) is 0 Å². The molecule has 11 heavy (non-hydrogen) atoms. The number of hydrogen-bond acceptors (Lipinski definition) is 3. The lowest BCUT2D eigenvalue weighted by Crippen LogP contribution is -2.32. The molecule has 0 aliphatic rings. The van der Waals surface area contributed by atoms with Crippen LogP contribution in [0.3, 0.4) is 0 Å². The molecule has 0 saturated carbocycles. The maximum Gasteiger partial charge on any atom is 0.321 e. The van der Waals surface area contributed by atoms with Crippen LogP contribution in [0.25, 0.3) is 0 Å². The minimum Gasteiger partial charge on any atom is -0.480 e. The van der Waals surface area contributed by atoms with E-state index in [0.29, 0.717) is 5.75 Å². The number of carboxylic acid groups (broad SMARTS) is 1. The number of nitrogens with two attached hydrogens (primary N) is 1. The second kappa shape index (κ2) is 5.21. The molecule has 4 heteroatoms. The van der Waals surface area contributed by atoms with Crippen LogP contribution in [0, 0.1) is 0 Å². The third kappa shape index (κ3) is 5.94. The minimum absolute atomic E-state index is 0.431. The Labute approximate surface area is 70.7 Å². The summed E-state index contributed by atoms with van der Waals surface area (Å²) in [5.74, 6) is -0.514. The van der Waals surface area contributed by atoms with Crippen molar-refractivity contribution in [3.8, 4) is 0 Å². The summed E-state index contributed by atoms with van der Waals surface area (Å²) in [6.07, 6.45) is 0. The fourth-order valence-electron chi connectivity index (χ4n) is 0.390. The lowest BCUT2D eigenvalue weighted by molar-refractivity contribution is -0.137. The van der Waals surface area contributed by atoms with Crippen molar-refractivity contribution in [3.63, 3.8) is 0 Å². The van der Waals surface area contributed by atoms with Crippen LogP contribution in [0.4, 0.5) is 0 Å². The summed E-state index contributed by atoms with van der Waals surface area (Å²) < 4.78 is 0. The Hall–Kier alpha value is -0.480. The minimum atomic E-state index is -0.945. The highest BCUT2D eigenvalue weighted by Crippen LogP contribution is 2.07. The average molecular weight is 175 g/mol. The van der Waals surface area contributed by atoms with Crippen LogP contribution in [0.2, 0.25) is 0 Å². The summed E-state index contributed by atoms with van der Waals surface area (Å²) in [7, 11) is 0. The van der Waals surface area contributed by atoms with Crippen LogP contribution in [0.5, 0.6) is 0 Å². The van der Waals surface area contributed by atoms with Gasteiger partial charge in [0.25, 0.3) is 0 Å². The zero-order valence-electron chi connectivity index (χ0n) is 6.70. The summed E-state index contributed by atoms with van der Waals surface area (Å²) >= 11 is 1.43. The molecule has 0 aliphatic heterocycles. The van der Waals surface area contributed by atoms with Crippen LogP contribution >= 0.6 is 11.8 Å². The molecule has 0 radical (unpaired) electrons. The summed E-state index contributed by atoms with van der Waals surface area (Å²) in [4.78, 5) is 10.2. The predicted molar refractivity (Wildman–Crippen MR) is 47.5 cm³/mol. The van der Waals surface area contributed by atoms with E-state index in [4.69, 9.17) is 10.8 Å². The SMILES string of the molecule is CC(C)=CSC[C@@H](N)C(=O)O. The number of thioether (sulfide) groups is 1. The molecule has 0 aromatic rings. The van der Waals surface area contributed by atoms with Gasteiger partial charge in [-0.1, -0.05) is 5.57 Å². The van der Waals surface area contributed by atoms with Crippen molar-refractivity contribution >= 4 is 17.7 Å². The number of hydrogen-bond donors (Lipinski definition) is 2. The van der Waals surface area contributed by atoms with Crippen molar-refractivity contribution in [2.24, 2.45) is 5.73 Å². The Morgan fingerprint density at radius 3 is 2.64 bits per heavy atom. The number of allylic oxidation sites excluding steroid dienone is 1. The standard InChI is InChI=1S/C7H13NO2S/c1-5(2)3-11-4-6(8)7(9)10/h3,6H,4,8H2,1-2H3,(H,9,10)/t6-/m1/s1. The molecule has 0 heterocycles. The van der Waals surface area contributed by atoms with E-state index in [2.05, 4.69) is 0 Å². The first kappa shape index (κ1) is 10.5. The van der Waals surface area contributed by atoms with E-state index in [9.17, 15) is 4.79 Å². The van der Waals surface area contributed by atoms with Gasteiger partial charge in [-0.3, -0.25) is 4.79 Å². The number of rotatable bonds is 4. The predicted octanol–water partition coefficient (Wildman–Crippen LogP) is 1.06. The average Bonchev–Trinajstić information content (AvgIpc) is 1.86. The van der Waals surface area contributed by atoms with Gasteiger partial charge in [-0.2, -0.15) is 0 Å². The molecule has 0 fully saturated rings. The van der Waals surface area contributed by atoms with E-state index in [1.165, 1.54) is 11.8 Å². The zero-order valence-corrected chi connectivity index (χ0v) is 7.52. The van der Waals surface area contributed by atoms with Gasteiger partial charge in [0.05, 0.1) is 0 Å². The molecule has 0 amide bonds. The molecule has 0 rings (SSSR count). The number of aliphatic carboxylic acids is 1. The Bertz CT molecular complexity index is 164. The molecule has 1 atom stereocenters. The van der Waals surface area contributed by atoms with Crippen molar-refractivity contribution in [1.29, 1.82) is 0 Å². The van der Waals surface area contributed by atoms with E-state index in [0.717, 1.165) is 5.57 Å². The van der Waals surface area contributed by atoms with Gasteiger partial charge >= 0.3 is 5.97 Å². The van der Waals surface area contributed by atoms with Gasteiger partial charge in [0.1, 0.15) is 6.04 Å². The third-order valence-corrected chi connectivity index (χ3v) is 2.10. The number of carboxylic acids is 1. The highest BCUT2D eigenvalue weighted by molar-refractivity contribution is 8.02. The Balaban J connectivity index is 3.55. The number of carbonyl (C=O) groups is 1. The molecule has 0 aromatic carbocycles. The Morgan fingerprint density at radius 1 is 1.73 bits per heavy atom. The molecule has 64 valence electrons. The van der Waals surface area contributed by atoms with E-state index < -0.39 is 12.0 Å². The van der Waals surface area contributed by atoms with Crippen LogP contribution < -0.4 is 5.73 Å². The zero-order chi connectivity index (χ0) is 8.85. The van der Waals surface area contributed by atoms with Gasteiger partial charge in [-0.05, 0) is 19.3 Å². The molecular weight excluding hydrogens is 162 g/mol. The summed E-state index contributed by atoms with van der Waals surface area (Å²) in [5.41, 5.74) is 6.41. The van der Waals surface area contributed by atoms with Crippen molar-refractivity contribution in [1.82, 2.24) is 0 Å². The van der Waals surface area contributed by atoms with E-state index in [1.807, 2.05) is 19.3 Å². The topological polar surface area (TPSA) is 63.3 Å². The van der Waals surface area contributed by atoms with E-state index in [-0.39, 0.29) is 0 Å². The van der Waals surface area contributed by atoms with Crippen molar-refractivity contribution < 1.29 is 9.90 Å². The smallest absolute Gasteiger partial charge is 0.321 e. The Kier molecular flexibility index (Phi) is 4.98. The van der Waals surface area contributed by atoms with Gasteiger partial charge in [0, 0.05) is 5.75 Å². The van der Waals surface area contributed by atoms with Crippen molar-refractivity contribution in [2.45, 2.75) is 19.9 Å². The van der Waals surface area contributed by atoms with Gasteiger partial charge in [0.15, 0.2) is 0 Å². The van der Waals surface area contributed by atoms with Crippen LogP contribution in [-0.4, -0.2) is 22.9 Å². The Morgan fingerprint density at radius 2 is 2.27 bits per heavy atom. The first-order chi connectivity index (χ1) is 5.04. The maximum absolute atomic E-state index is 10.2. The molecule has 0 spiro atoms. The van der Waals surface area contributed by atoms with Crippen LogP contribution in [0.15, 0.2) is 11.0 Å². The molecule has 0 bridgehead atoms. The molecule has 3 N–H and O–H groups in total. The fraction of sp³-hybridized carbons (Fsp3) is 0.571. The van der Waals surface area contributed by atoms with Gasteiger partial charge in [-0.15, -0.1) is 11.8 Å². The lowest BCUT2D eigenvalue weighted by atomic mass is 10.4. The van der Waals surface area contributed by atoms with Gasteiger partial charge in [-0.25, -0.2) is 0 Å². The molecule has 0 aliphatic carbocycles.